The highest BCUT2D eigenvalue weighted by molar-refractivity contribution is 6.30. The molecular weight excluding hydrogens is 362 g/mol. The predicted molar refractivity (Wildman–Crippen MR) is 108 cm³/mol. The summed E-state index contributed by atoms with van der Waals surface area (Å²) in [6.45, 7) is 3.33. The van der Waals surface area contributed by atoms with Crippen LogP contribution in [0, 0.1) is 0 Å². The normalized spacial score (nSPS) is 12.6. The van der Waals surface area contributed by atoms with Crippen LogP contribution in [0.5, 0.6) is 0 Å². The van der Waals surface area contributed by atoms with E-state index >= 15 is 0 Å². The molecule has 0 amide bonds. The molecule has 6 nitrogen and oxygen atoms in total. The van der Waals surface area contributed by atoms with Crippen molar-refractivity contribution in [1.82, 2.24) is 20.8 Å². The summed E-state index contributed by atoms with van der Waals surface area (Å²) >= 11 is 5.90. The Hall–Kier alpha value is -2.86. The number of hydrogen-bond donors (Lipinski definition) is 2. The van der Waals surface area contributed by atoms with Crippen LogP contribution in [-0.4, -0.2) is 29.7 Å². The summed E-state index contributed by atoms with van der Waals surface area (Å²) in [7, 11) is 1.73. The molecule has 0 aliphatic carbocycles. The van der Waals surface area contributed by atoms with Crippen LogP contribution in [0.4, 0.5) is 0 Å². The Kier molecular flexibility index (Phi) is 6.44. The van der Waals surface area contributed by atoms with Gasteiger partial charge in [-0.2, -0.15) is 4.98 Å². The minimum Gasteiger partial charge on any atom is -0.356 e. The molecule has 1 aromatic heterocycles. The van der Waals surface area contributed by atoms with Crippen molar-refractivity contribution in [3.63, 3.8) is 0 Å². The molecule has 140 valence electrons. The van der Waals surface area contributed by atoms with E-state index < -0.39 is 0 Å². The second-order valence-electron chi connectivity index (χ2n) is 6.14. The van der Waals surface area contributed by atoms with Gasteiger partial charge in [0.25, 0.3) is 0 Å². The molecule has 1 heterocycles. The quantitative estimate of drug-likeness (QED) is 0.499. The van der Waals surface area contributed by atoms with E-state index in [2.05, 4.69) is 44.8 Å². The number of aliphatic imine (C=N–C) groups is 1. The van der Waals surface area contributed by atoms with E-state index in [1.807, 2.05) is 30.3 Å². The lowest BCUT2D eigenvalue weighted by molar-refractivity contribution is 0.375. The fourth-order valence-electron chi connectivity index (χ4n) is 2.57. The first-order chi connectivity index (χ1) is 13.2. The van der Waals surface area contributed by atoms with Crippen molar-refractivity contribution >= 4 is 17.6 Å². The van der Waals surface area contributed by atoms with Gasteiger partial charge in [-0.3, -0.25) is 4.99 Å². The van der Waals surface area contributed by atoms with E-state index in [0.717, 1.165) is 12.1 Å². The molecule has 0 saturated heterocycles. The summed E-state index contributed by atoms with van der Waals surface area (Å²) in [6, 6.07) is 17.7. The van der Waals surface area contributed by atoms with Crippen LogP contribution in [0.1, 0.15) is 24.3 Å². The molecule has 2 N–H and O–H groups in total. The predicted octanol–water partition coefficient (Wildman–Crippen LogP) is 3.86. The number of hydrogen-bond acceptors (Lipinski definition) is 4. The van der Waals surface area contributed by atoms with E-state index in [-0.39, 0.29) is 0 Å². The Morgan fingerprint density at radius 3 is 2.56 bits per heavy atom. The van der Waals surface area contributed by atoms with E-state index in [0.29, 0.717) is 35.2 Å². The summed E-state index contributed by atoms with van der Waals surface area (Å²) in [5, 5.41) is 11.2. The average Bonchev–Trinajstić information content (AvgIpc) is 3.18. The number of aromatic nitrogens is 2. The molecule has 1 unspecified atom stereocenters. The van der Waals surface area contributed by atoms with Crippen molar-refractivity contribution in [2.24, 2.45) is 4.99 Å². The number of guanidine groups is 1. The van der Waals surface area contributed by atoms with Crippen molar-refractivity contribution in [2.45, 2.75) is 19.4 Å². The number of benzene rings is 2. The zero-order valence-corrected chi connectivity index (χ0v) is 16.1. The molecule has 7 heteroatoms. The van der Waals surface area contributed by atoms with Crippen LogP contribution in [0.25, 0.3) is 11.4 Å². The molecular formula is C20H22ClN5O. The largest absolute Gasteiger partial charge is 0.356 e. The van der Waals surface area contributed by atoms with Crippen LogP contribution in [-0.2, 0) is 6.54 Å². The third-order valence-electron chi connectivity index (χ3n) is 4.15. The molecule has 3 rings (SSSR count). The third kappa shape index (κ3) is 5.31. The van der Waals surface area contributed by atoms with Gasteiger partial charge in [-0.15, -0.1) is 0 Å². The van der Waals surface area contributed by atoms with E-state index in [4.69, 9.17) is 16.1 Å². The molecule has 0 radical (unpaired) electrons. The van der Waals surface area contributed by atoms with Gasteiger partial charge in [0.1, 0.15) is 0 Å². The minimum absolute atomic E-state index is 0.365. The number of rotatable bonds is 6. The number of nitrogens with zero attached hydrogens (tertiary/aromatic N) is 3. The Bertz CT molecular complexity index is 877. The maximum atomic E-state index is 5.90. The molecule has 0 aliphatic rings. The highest BCUT2D eigenvalue weighted by Gasteiger charge is 2.10. The lowest BCUT2D eigenvalue weighted by Gasteiger charge is -2.15. The van der Waals surface area contributed by atoms with Crippen LogP contribution >= 0.6 is 11.6 Å². The number of nitrogens with one attached hydrogen (secondary N) is 2. The highest BCUT2D eigenvalue weighted by Crippen LogP contribution is 2.18. The van der Waals surface area contributed by atoms with E-state index in [9.17, 15) is 0 Å². The van der Waals surface area contributed by atoms with Crippen molar-refractivity contribution in [3.8, 4) is 11.4 Å². The van der Waals surface area contributed by atoms with Gasteiger partial charge < -0.3 is 15.2 Å². The van der Waals surface area contributed by atoms with Crippen molar-refractivity contribution in [3.05, 3.63) is 71.1 Å². The van der Waals surface area contributed by atoms with E-state index in [1.54, 1.807) is 19.2 Å². The molecule has 27 heavy (non-hydrogen) atoms. The van der Waals surface area contributed by atoms with Crippen LogP contribution in [0.3, 0.4) is 0 Å². The van der Waals surface area contributed by atoms with E-state index in [1.165, 1.54) is 5.56 Å². The first kappa shape index (κ1) is 18.9. The lowest BCUT2D eigenvalue weighted by atomic mass is 10.0. The second kappa shape index (κ2) is 9.19. The smallest absolute Gasteiger partial charge is 0.246 e. The Labute approximate surface area is 163 Å². The fourth-order valence-corrected chi connectivity index (χ4v) is 2.70. The van der Waals surface area contributed by atoms with Crippen LogP contribution < -0.4 is 10.6 Å². The molecule has 1 atom stereocenters. The highest BCUT2D eigenvalue weighted by atomic mass is 35.5. The second-order valence-corrected chi connectivity index (χ2v) is 6.57. The number of halogens is 1. The molecule has 0 fully saturated rings. The first-order valence-electron chi connectivity index (χ1n) is 8.73. The van der Waals surface area contributed by atoms with Gasteiger partial charge in [0.2, 0.25) is 11.7 Å². The van der Waals surface area contributed by atoms with Gasteiger partial charge in [0.05, 0.1) is 6.54 Å². The maximum absolute atomic E-state index is 5.90. The van der Waals surface area contributed by atoms with Crippen LogP contribution in [0.15, 0.2) is 64.1 Å². The van der Waals surface area contributed by atoms with Crippen LogP contribution in [0.2, 0.25) is 5.02 Å². The summed E-state index contributed by atoms with van der Waals surface area (Å²) in [6.07, 6.45) is 0. The first-order valence-corrected chi connectivity index (χ1v) is 9.11. The molecule has 0 bridgehead atoms. The zero-order valence-electron chi connectivity index (χ0n) is 15.3. The standard InChI is InChI=1S/C20H22ClN5O/c1-14(15-6-4-3-5-7-15)12-23-20(22-2)24-13-18-25-19(26-27-18)16-8-10-17(21)11-9-16/h3-11,14H,12-13H2,1-2H3,(H2,22,23,24). The van der Waals surface area contributed by atoms with Gasteiger partial charge in [0.15, 0.2) is 5.96 Å². The molecule has 3 aromatic rings. The topological polar surface area (TPSA) is 75.3 Å². The molecule has 0 spiro atoms. The maximum Gasteiger partial charge on any atom is 0.246 e. The average molecular weight is 384 g/mol. The lowest BCUT2D eigenvalue weighted by Crippen LogP contribution is -2.38. The van der Waals surface area contributed by atoms with Gasteiger partial charge in [-0.05, 0) is 35.7 Å². The summed E-state index contributed by atoms with van der Waals surface area (Å²) in [5.74, 6) is 2.07. The van der Waals surface area contributed by atoms with Gasteiger partial charge >= 0.3 is 0 Å². The summed E-state index contributed by atoms with van der Waals surface area (Å²) in [4.78, 5) is 8.63. The van der Waals surface area contributed by atoms with Gasteiger partial charge in [-0.1, -0.05) is 54.0 Å². The Balaban J connectivity index is 1.52. The molecule has 0 saturated carbocycles. The van der Waals surface area contributed by atoms with Gasteiger partial charge in [-0.25, -0.2) is 0 Å². The Morgan fingerprint density at radius 2 is 1.85 bits per heavy atom. The fraction of sp³-hybridized carbons (Fsp3) is 0.250. The summed E-state index contributed by atoms with van der Waals surface area (Å²) in [5.41, 5.74) is 2.14. The van der Waals surface area contributed by atoms with Crippen molar-refractivity contribution < 1.29 is 4.52 Å². The summed E-state index contributed by atoms with van der Waals surface area (Å²) < 4.78 is 5.30. The Morgan fingerprint density at radius 1 is 1.11 bits per heavy atom. The SMILES string of the molecule is CN=C(NCc1nc(-c2ccc(Cl)cc2)no1)NCC(C)c1ccccc1. The minimum atomic E-state index is 0.365. The third-order valence-corrected chi connectivity index (χ3v) is 4.40. The van der Waals surface area contributed by atoms with Gasteiger partial charge in [0, 0.05) is 24.2 Å². The zero-order chi connectivity index (χ0) is 19.1. The molecule has 2 aromatic carbocycles. The van der Waals surface area contributed by atoms with Crippen molar-refractivity contribution in [2.75, 3.05) is 13.6 Å². The molecule has 0 aliphatic heterocycles. The van der Waals surface area contributed by atoms with Crippen molar-refractivity contribution in [1.29, 1.82) is 0 Å². The monoisotopic (exact) mass is 383 g/mol.